The maximum atomic E-state index is 11.6. The fraction of sp³-hybridized carbons (Fsp3) is 0.333. The molecule has 1 aromatic rings. The quantitative estimate of drug-likeness (QED) is 0.610. The Balaban J connectivity index is 2.27. The van der Waals surface area contributed by atoms with E-state index in [4.69, 9.17) is 4.74 Å². The molecule has 0 spiro atoms. The second-order valence-electron chi connectivity index (χ2n) is 3.72. The third-order valence-electron chi connectivity index (χ3n) is 2.64. The number of carbonyl (C=O) groups excluding carboxylic acids is 2. The average Bonchev–Trinajstić information content (AvgIpc) is 2.56. The van der Waals surface area contributed by atoms with Gasteiger partial charge in [0.25, 0.3) is 11.8 Å². The highest BCUT2D eigenvalue weighted by Crippen LogP contribution is 2.21. The van der Waals surface area contributed by atoms with Crippen LogP contribution in [-0.4, -0.2) is 25.5 Å². The first kappa shape index (κ1) is 10.8. The van der Waals surface area contributed by atoms with E-state index in [1.807, 2.05) is 6.07 Å². The predicted octanol–water partition coefficient (Wildman–Crippen LogP) is 1.15. The predicted molar refractivity (Wildman–Crippen MR) is 58.4 cm³/mol. The summed E-state index contributed by atoms with van der Waals surface area (Å²) < 4.78 is 4.96. The summed E-state index contributed by atoms with van der Waals surface area (Å²) in [7, 11) is 1.64. The highest BCUT2D eigenvalue weighted by molar-refractivity contribution is 6.22. The number of rotatable bonds is 4. The van der Waals surface area contributed by atoms with Gasteiger partial charge in [0.15, 0.2) is 0 Å². The molecule has 0 radical (unpaired) electrons. The standard InChI is InChI=1S/C12H13NO3/c1-16-7-3-5-8-4-2-6-9-10(8)12(15)13-11(9)14/h2,4,6H,3,5,7H2,1H3,(H,13,14,15). The Morgan fingerprint density at radius 2 is 2.06 bits per heavy atom. The molecule has 16 heavy (non-hydrogen) atoms. The van der Waals surface area contributed by atoms with Gasteiger partial charge < -0.3 is 4.74 Å². The molecule has 2 amide bonds. The first-order valence-corrected chi connectivity index (χ1v) is 5.20. The Morgan fingerprint density at radius 1 is 1.25 bits per heavy atom. The molecule has 1 aliphatic rings. The molecule has 0 fully saturated rings. The van der Waals surface area contributed by atoms with Crippen molar-refractivity contribution in [1.82, 2.24) is 5.32 Å². The van der Waals surface area contributed by atoms with Crippen molar-refractivity contribution in [2.45, 2.75) is 12.8 Å². The number of fused-ring (bicyclic) bond motifs is 1. The molecule has 1 N–H and O–H groups in total. The van der Waals surface area contributed by atoms with E-state index in [1.54, 1.807) is 19.2 Å². The van der Waals surface area contributed by atoms with Crippen molar-refractivity contribution in [3.05, 3.63) is 34.9 Å². The van der Waals surface area contributed by atoms with Gasteiger partial charge >= 0.3 is 0 Å². The fourth-order valence-electron chi connectivity index (χ4n) is 1.91. The molecule has 1 aromatic carbocycles. The summed E-state index contributed by atoms with van der Waals surface area (Å²) in [6.07, 6.45) is 1.59. The Labute approximate surface area is 93.6 Å². The lowest BCUT2D eigenvalue weighted by Gasteiger charge is -2.04. The number of hydrogen-bond donors (Lipinski definition) is 1. The molecule has 4 heteroatoms. The van der Waals surface area contributed by atoms with Crippen LogP contribution in [0.3, 0.4) is 0 Å². The van der Waals surface area contributed by atoms with E-state index in [-0.39, 0.29) is 11.8 Å². The molecular weight excluding hydrogens is 206 g/mol. The van der Waals surface area contributed by atoms with E-state index in [1.165, 1.54) is 0 Å². The molecule has 0 aromatic heterocycles. The molecule has 0 atom stereocenters. The van der Waals surface area contributed by atoms with Crippen LogP contribution in [-0.2, 0) is 11.2 Å². The highest BCUT2D eigenvalue weighted by Gasteiger charge is 2.28. The lowest BCUT2D eigenvalue weighted by molar-refractivity contribution is 0.0879. The van der Waals surface area contributed by atoms with Crippen LogP contribution >= 0.6 is 0 Å². The zero-order valence-electron chi connectivity index (χ0n) is 9.08. The Morgan fingerprint density at radius 3 is 2.81 bits per heavy atom. The Hall–Kier alpha value is -1.68. The normalized spacial score (nSPS) is 13.8. The van der Waals surface area contributed by atoms with Gasteiger partial charge in [-0.15, -0.1) is 0 Å². The zero-order valence-corrected chi connectivity index (χ0v) is 9.08. The molecular formula is C12H13NO3. The summed E-state index contributed by atoms with van der Waals surface area (Å²) in [5, 5.41) is 2.30. The van der Waals surface area contributed by atoms with Gasteiger partial charge in [-0.3, -0.25) is 14.9 Å². The van der Waals surface area contributed by atoms with Crippen LogP contribution in [0.25, 0.3) is 0 Å². The fourth-order valence-corrected chi connectivity index (χ4v) is 1.91. The second kappa shape index (κ2) is 4.45. The lowest BCUT2D eigenvalue weighted by Crippen LogP contribution is -2.20. The SMILES string of the molecule is COCCCc1cccc2c1C(=O)NC2=O. The molecule has 0 saturated carbocycles. The smallest absolute Gasteiger partial charge is 0.259 e. The van der Waals surface area contributed by atoms with Crippen molar-refractivity contribution < 1.29 is 14.3 Å². The third kappa shape index (κ3) is 1.84. The molecule has 2 rings (SSSR count). The van der Waals surface area contributed by atoms with Gasteiger partial charge in [-0.1, -0.05) is 12.1 Å². The van der Waals surface area contributed by atoms with Crippen molar-refractivity contribution in [2.24, 2.45) is 0 Å². The minimum atomic E-state index is -0.298. The molecule has 0 aliphatic carbocycles. The van der Waals surface area contributed by atoms with Gasteiger partial charge in [-0.25, -0.2) is 0 Å². The first-order valence-electron chi connectivity index (χ1n) is 5.20. The summed E-state index contributed by atoms with van der Waals surface area (Å²) in [6.45, 7) is 0.652. The number of amides is 2. The average molecular weight is 219 g/mol. The second-order valence-corrected chi connectivity index (χ2v) is 3.72. The van der Waals surface area contributed by atoms with E-state index in [9.17, 15) is 9.59 Å². The molecule has 4 nitrogen and oxygen atoms in total. The number of nitrogens with one attached hydrogen (secondary N) is 1. The van der Waals surface area contributed by atoms with Crippen molar-refractivity contribution in [3.63, 3.8) is 0 Å². The first-order chi connectivity index (χ1) is 7.74. The molecule has 84 valence electrons. The number of aryl methyl sites for hydroxylation is 1. The Kier molecular flexibility index (Phi) is 3.01. The van der Waals surface area contributed by atoms with E-state index >= 15 is 0 Å². The van der Waals surface area contributed by atoms with Gasteiger partial charge in [0, 0.05) is 13.7 Å². The van der Waals surface area contributed by atoms with E-state index in [2.05, 4.69) is 5.32 Å². The summed E-state index contributed by atoms with van der Waals surface area (Å²) in [4.78, 5) is 23.0. The number of benzene rings is 1. The maximum absolute atomic E-state index is 11.6. The monoisotopic (exact) mass is 219 g/mol. The zero-order chi connectivity index (χ0) is 11.5. The minimum absolute atomic E-state index is 0.284. The van der Waals surface area contributed by atoms with Crippen LogP contribution in [0.1, 0.15) is 32.7 Å². The van der Waals surface area contributed by atoms with E-state index in [0.29, 0.717) is 17.7 Å². The third-order valence-corrected chi connectivity index (χ3v) is 2.64. The number of carbonyl (C=O) groups is 2. The number of hydrogen-bond acceptors (Lipinski definition) is 3. The minimum Gasteiger partial charge on any atom is -0.385 e. The van der Waals surface area contributed by atoms with Gasteiger partial charge in [0.05, 0.1) is 11.1 Å². The molecule has 0 saturated heterocycles. The van der Waals surface area contributed by atoms with Gasteiger partial charge in [0.2, 0.25) is 0 Å². The van der Waals surface area contributed by atoms with E-state index in [0.717, 1.165) is 18.4 Å². The summed E-state index contributed by atoms with van der Waals surface area (Å²) in [6, 6.07) is 5.36. The molecule has 1 heterocycles. The van der Waals surface area contributed by atoms with Crippen LogP contribution in [0, 0.1) is 0 Å². The largest absolute Gasteiger partial charge is 0.385 e. The molecule has 1 aliphatic heterocycles. The molecule has 0 bridgehead atoms. The summed E-state index contributed by atoms with van der Waals surface area (Å²) in [5.74, 6) is -0.582. The van der Waals surface area contributed by atoms with Gasteiger partial charge in [-0.05, 0) is 24.5 Å². The summed E-state index contributed by atoms with van der Waals surface area (Å²) >= 11 is 0. The number of ether oxygens (including phenoxy) is 1. The van der Waals surface area contributed by atoms with E-state index < -0.39 is 0 Å². The van der Waals surface area contributed by atoms with Crippen molar-refractivity contribution >= 4 is 11.8 Å². The van der Waals surface area contributed by atoms with Crippen LogP contribution in [0.4, 0.5) is 0 Å². The lowest BCUT2D eigenvalue weighted by atomic mass is 9.99. The Bertz CT molecular complexity index is 440. The van der Waals surface area contributed by atoms with Crippen LogP contribution in [0.5, 0.6) is 0 Å². The van der Waals surface area contributed by atoms with Crippen LogP contribution < -0.4 is 5.32 Å². The van der Waals surface area contributed by atoms with Gasteiger partial charge in [-0.2, -0.15) is 0 Å². The maximum Gasteiger partial charge on any atom is 0.259 e. The number of imide groups is 1. The summed E-state index contributed by atoms with van der Waals surface area (Å²) in [5.41, 5.74) is 1.93. The topological polar surface area (TPSA) is 55.4 Å². The van der Waals surface area contributed by atoms with Gasteiger partial charge in [0.1, 0.15) is 0 Å². The van der Waals surface area contributed by atoms with Crippen molar-refractivity contribution in [2.75, 3.05) is 13.7 Å². The van der Waals surface area contributed by atoms with Crippen LogP contribution in [0.2, 0.25) is 0 Å². The highest BCUT2D eigenvalue weighted by atomic mass is 16.5. The van der Waals surface area contributed by atoms with Crippen LogP contribution in [0.15, 0.2) is 18.2 Å². The van der Waals surface area contributed by atoms with Crippen molar-refractivity contribution in [3.8, 4) is 0 Å². The molecule has 0 unspecified atom stereocenters. The number of methoxy groups -OCH3 is 1. The van der Waals surface area contributed by atoms with Crippen molar-refractivity contribution in [1.29, 1.82) is 0 Å².